The molecule has 40 heavy (non-hydrogen) atoms. The molecule has 2 aliphatic heterocycles. The van der Waals surface area contributed by atoms with E-state index in [0.29, 0.717) is 48.4 Å². The van der Waals surface area contributed by atoms with Crippen molar-refractivity contribution in [3.05, 3.63) is 47.7 Å². The molecule has 0 bridgehead atoms. The van der Waals surface area contributed by atoms with E-state index in [1.807, 2.05) is 6.07 Å². The first-order chi connectivity index (χ1) is 19.2. The summed E-state index contributed by atoms with van der Waals surface area (Å²) in [6.07, 6.45) is 4.71. The molecule has 1 aromatic carbocycles. The van der Waals surface area contributed by atoms with Crippen molar-refractivity contribution < 1.29 is 33.4 Å². The van der Waals surface area contributed by atoms with Crippen molar-refractivity contribution in [2.24, 2.45) is 5.92 Å². The van der Waals surface area contributed by atoms with Crippen LogP contribution in [0.5, 0.6) is 5.75 Å². The lowest BCUT2D eigenvalue weighted by atomic mass is 9.81. The molecule has 1 aromatic heterocycles. The molecule has 0 spiro atoms. The summed E-state index contributed by atoms with van der Waals surface area (Å²) in [6, 6.07) is 8.84. The van der Waals surface area contributed by atoms with Gasteiger partial charge in [-0.3, -0.25) is 14.9 Å². The van der Waals surface area contributed by atoms with Gasteiger partial charge in [0, 0.05) is 25.1 Å². The van der Waals surface area contributed by atoms with Crippen LogP contribution in [0.2, 0.25) is 0 Å². The zero-order chi connectivity index (χ0) is 28.9. The molecule has 0 saturated carbocycles. The highest BCUT2D eigenvalue weighted by atomic mass is 16.5. The first kappa shape index (κ1) is 28.7. The molecule has 4 rings (SSSR count). The minimum absolute atomic E-state index is 0.00546. The molecule has 12 nitrogen and oxygen atoms in total. The Morgan fingerprint density at radius 2 is 2.05 bits per heavy atom. The van der Waals surface area contributed by atoms with E-state index in [2.05, 4.69) is 15.6 Å². The normalized spacial score (nSPS) is 22.4. The Kier molecular flexibility index (Phi) is 8.48. The van der Waals surface area contributed by atoms with Gasteiger partial charge in [0.25, 0.3) is 5.91 Å². The number of aromatic nitrogens is 1. The largest absolute Gasteiger partial charge is 0.490 e. The molecule has 1 saturated heterocycles. The van der Waals surface area contributed by atoms with Crippen molar-refractivity contribution in [3.63, 3.8) is 0 Å². The van der Waals surface area contributed by atoms with Crippen molar-refractivity contribution in [2.75, 3.05) is 37.4 Å². The number of rotatable bonds is 13. The molecular formula is C28H33N5O7. The number of aldehydes is 2. The van der Waals surface area contributed by atoms with E-state index in [1.54, 1.807) is 37.4 Å². The van der Waals surface area contributed by atoms with E-state index in [0.717, 1.165) is 18.4 Å². The number of carbonyl (C=O) groups excluding carboxylic acids is 5. The summed E-state index contributed by atoms with van der Waals surface area (Å²) in [5.74, 6) is -1.21. The summed E-state index contributed by atoms with van der Waals surface area (Å²) in [4.78, 5) is 67.5. The number of nitrogens with one attached hydrogen (secondary N) is 2. The molecule has 2 aromatic rings. The second kappa shape index (κ2) is 11.8. The number of methoxy groups -OCH3 is 1. The third-order valence-corrected chi connectivity index (χ3v) is 7.59. The molecule has 0 radical (unpaired) electrons. The topological polar surface area (TPSA) is 180 Å². The van der Waals surface area contributed by atoms with E-state index in [4.69, 9.17) is 15.2 Å². The number of hydrogen-bond donors (Lipinski definition) is 3. The molecule has 1 fully saturated rings. The van der Waals surface area contributed by atoms with Gasteiger partial charge in [-0.15, -0.1) is 0 Å². The molecule has 3 atom stereocenters. The van der Waals surface area contributed by atoms with Gasteiger partial charge in [-0.25, -0.2) is 9.78 Å². The number of fused-ring (bicyclic) bond motifs is 1. The fourth-order valence-corrected chi connectivity index (χ4v) is 5.38. The number of carbonyl (C=O) groups is 5. The Hall–Kier alpha value is -4.32. The van der Waals surface area contributed by atoms with Crippen LogP contribution in [-0.2, 0) is 30.3 Å². The minimum atomic E-state index is -1.48. The Morgan fingerprint density at radius 3 is 2.75 bits per heavy atom. The monoisotopic (exact) mass is 551 g/mol. The molecule has 12 heteroatoms. The van der Waals surface area contributed by atoms with Crippen LogP contribution in [-0.4, -0.2) is 73.2 Å². The lowest BCUT2D eigenvalue weighted by Gasteiger charge is -2.30. The van der Waals surface area contributed by atoms with Crippen molar-refractivity contribution in [2.45, 2.75) is 43.7 Å². The lowest BCUT2D eigenvalue weighted by molar-refractivity contribution is -0.146. The van der Waals surface area contributed by atoms with E-state index < -0.39 is 23.0 Å². The highest BCUT2D eigenvalue weighted by Crippen LogP contribution is 2.47. The van der Waals surface area contributed by atoms with Crippen LogP contribution >= 0.6 is 0 Å². The average molecular weight is 552 g/mol. The first-order valence-electron chi connectivity index (χ1n) is 13.1. The van der Waals surface area contributed by atoms with E-state index in [-0.39, 0.29) is 31.3 Å². The summed E-state index contributed by atoms with van der Waals surface area (Å²) in [5.41, 5.74) is 4.55. The number of nitrogen functional groups attached to an aromatic ring is 1. The quantitative estimate of drug-likeness (QED) is 0.140. The Labute approximate surface area is 231 Å². The maximum Gasteiger partial charge on any atom is 0.328 e. The highest BCUT2D eigenvalue weighted by molar-refractivity contribution is 6.10. The van der Waals surface area contributed by atoms with Gasteiger partial charge in [0.15, 0.2) is 11.6 Å². The maximum atomic E-state index is 13.1. The summed E-state index contributed by atoms with van der Waals surface area (Å²) < 4.78 is 10.6. The van der Waals surface area contributed by atoms with E-state index in [1.165, 1.54) is 12.0 Å². The Morgan fingerprint density at radius 1 is 1.25 bits per heavy atom. The Bertz CT molecular complexity index is 1320. The SMILES string of the molecule is COC(=O)[C@]1(C(C)CN2C(=O)CNC(=O)c3cc(CCCCOc4cccnc4N)ccc32)NC1(C=O)CC=O. The number of nitrogens with zero attached hydrogens (tertiary/aromatic N) is 2. The summed E-state index contributed by atoms with van der Waals surface area (Å²) in [7, 11) is 1.20. The van der Waals surface area contributed by atoms with E-state index in [9.17, 15) is 24.0 Å². The third kappa shape index (κ3) is 5.26. The molecular weight excluding hydrogens is 518 g/mol. The fraction of sp³-hybridized carbons (Fsp3) is 0.429. The van der Waals surface area contributed by atoms with Crippen LogP contribution in [0.1, 0.15) is 42.1 Å². The van der Waals surface area contributed by atoms with Crippen molar-refractivity contribution in [1.29, 1.82) is 0 Å². The van der Waals surface area contributed by atoms with Crippen LogP contribution in [0.3, 0.4) is 0 Å². The summed E-state index contributed by atoms with van der Waals surface area (Å²) in [5, 5.41) is 5.53. The third-order valence-electron chi connectivity index (χ3n) is 7.59. The van der Waals surface area contributed by atoms with Crippen molar-refractivity contribution in [3.8, 4) is 5.75 Å². The first-order valence-corrected chi connectivity index (χ1v) is 13.1. The molecule has 2 amide bonds. The Balaban J connectivity index is 1.48. The number of hydrogen-bond acceptors (Lipinski definition) is 10. The fourth-order valence-electron chi connectivity index (χ4n) is 5.38. The van der Waals surface area contributed by atoms with Gasteiger partial charge in [0.05, 0.1) is 31.5 Å². The van der Waals surface area contributed by atoms with Crippen molar-refractivity contribution >= 4 is 41.9 Å². The lowest BCUT2D eigenvalue weighted by Crippen LogP contribution is -2.49. The molecule has 0 aliphatic carbocycles. The van der Waals surface area contributed by atoms with E-state index >= 15 is 0 Å². The van der Waals surface area contributed by atoms with Gasteiger partial charge < -0.3 is 35.0 Å². The van der Waals surface area contributed by atoms with Crippen LogP contribution in [0, 0.1) is 5.92 Å². The predicted molar refractivity (Wildman–Crippen MR) is 145 cm³/mol. The van der Waals surface area contributed by atoms with Crippen molar-refractivity contribution in [1.82, 2.24) is 15.6 Å². The number of pyridine rings is 1. The van der Waals surface area contributed by atoms with Gasteiger partial charge in [-0.05, 0) is 49.1 Å². The number of ether oxygens (including phenoxy) is 2. The number of benzene rings is 1. The van der Waals surface area contributed by atoms with Gasteiger partial charge in [-0.1, -0.05) is 13.0 Å². The second-order valence-corrected chi connectivity index (χ2v) is 10.0. The van der Waals surface area contributed by atoms with Gasteiger partial charge in [0.2, 0.25) is 5.91 Å². The smallest absolute Gasteiger partial charge is 0.328 e. The van der Waals surface area contributed by atoms with Crippen LogP contribution in [0.25, 0.3) is 0 Å². The summed E-state index contributed by atoms with van der Waals surface area (Å²) >= 11 is 0. The maximum absolute atomic E-state index is 13.1. The average Bonchev–Trinajstić information content (AvgIpc) is 3.66. The number of amides is 2. The van der Waals surface area contributed by atoms with Gasteiger partial charge >= 0.3 is 5.97 Å². The second-order valence-electron chi connectivity index (χ2n) is 10.0. The van der Waals surface area contributed by atoms with Crippen LogP contribution < -0.4 is 26.0 Å². The molecule has 2 aliphatic rings. The number of aryl methyl sites for hydroxylation is 1. The molecule has 2 unspecified atom stereocenters. The van der Waals surface area contributed by atoms with Crippen LogP contribution in [0.15, 0.2) is 36.5 Å². The van der Waals surface area contributed by atoms with Gasteiger partial charge in [-0.2, -0.15) is 0 Å². The number of esters is 1. The number of anilines is 2. The minimum Gasteiger partial charge on any atom is -0.490 e. The van der Waals surface area contributed by atoms with Gasteiger partial charge in [0.1, 0.15) is 23.7 Å². The number of unbranched alkanes of at least 4 members (excludes halogenated alkanes) is 1. The summed E-state index contributed by atoms with van der Waals surface area (Å²) in [6.45, 7) is 1.94. The van der Waals surface area contributed by atoms with Crippen LogP contribution in [0.4, 0.5) is 11.5 Å². The zero-order valence-corrected chi connectivity index (χ0v) is 22.5. The molecule has 4 N–H and O–H groups in total. The predicted octanol–water partition coefficient (Wildman–Crippen LogP) is 0.820. The highest BCUT2D eigenvalue weighted by Gasteiger charge is 2.75. The molecule has 212 valence electrons. The standard InChI is InChI=1S/C28H33N5O7/c1-18(28(26(38)39-2)27(17-35,32-28)10-12-34)16-33-21-9-8-19(14-20(21)25(37)31-15-23(33)36)6-3-4-13-40-22-7-5-11-30-24(22)29/h5,7-9,11-12,14,17-18,32H,3-4,6,10,13,15-16H2,1-2H3,(H2,29,30)(H,31,37)/t18?,27?,28-/m0/s1. The molecule has 3 heterocycles. The number of nitrogens with two attached hydrogens (primary N) is 1. The zero-order valence-electron chi connectivity index (χ0n) is 22.5.